The molecule has 0 fully saturated rings. The molecule has 5 heteroatoms. The Bertz CT molecular complexity index is 640. The van der Waals surface area contributed by atoms with E-state index in [2.05, 4.69) is 60.0 Å². The zero-order chi connectivity index (χ0) is 15.4. The summed E-state index contributed by atoms with van der Waals surface area (Å²) in [5.41, 5.74) is 1.72. The highest BCUT2D eigenvalue weighted by molar-refractivity contribution is 9.11. The second kappa shape index (κ2) is 7.56. The van der Waals surface area contributed by atoms with E-state index in [9.17, 15) is 4.79 Å². The number of hydrogen-bond acceptors (Lipinski definition) is 1. The highest BCUT2D eigenvalue weighted by Gasteiger charge is 2.16. The Morgan fingerprint density at radius 2 is 1.67 bits per heavy atom. The molecule has 0 bridgehead atoms. The molecule has 0 aliphatic rings. The van der Waals surface area contributed by atoms with Gasteiger partial charge in [0.2, 0.25) is 0 Å². The summed E-state index contributed by atoms with van der Waals surface area (Å²) in [7, 11) is 0. The molecule has 2 aromatic rings. The standard InChI is InChI=1S/C16H14Br3NO/c1-2-15(10-3-5-11(17)6-4-10)20-16(21)13-9-12(18)7-8-14(13)19/h3-9,15H,2H2,1H3,(H,20,21). The van der Waals surface area contributed by atoms with Gasteiger partial charge in [-0.25, -0.2) is 0 Å². The van der Waals surface area contributed by atoms with Gasteiger partial charge >= 0.3 is 0 Å². The van der Waals surface area contributed by atoms with Crippen molar-refractivity contribution in [2.45, 2.75) is 19.4 Å². The first-order valence-corrected chi connectivity index (χ1v) is 8.90. The minimum atomic E-state index is -0.0852. The average Bonchev–Trinajstić information content (AvgIpc) is 2.48. The molecule has 0 saturated carbocycles. The summed E-state index contributed by atoms with van der Waals surface area (Å²) in [6.07, 6.45) is 0.832. The van der Waals surface area contributed by atoms with Crippen LogP contribution in [0.15, 0.2) is 55.9 Å². The van der Waals surface area contributed by atoms with Crippen LogP contribution in [0.2, 0.25) is 0 Å². The predicted octanol–water partition coefficient (Wildman–Crippen LogP) is 5.86. The molecule has 1 amide bonds. The topological polar surface area (TPSA) is 29.1 Å². The Labute approximate surface area is 149 Å². The number of halogens is 3. The number of rotatable bonds is 4. The normalized spacial score (nSPS) is 12.0. The van der Waals surface area contributed by atoms with Crippen LogP contribution in [-0.4, -0.2) is 5.91 Å². The molecule has 0 saturated heterocycles. The monoisotopic (exact) mass is 473 g/mol. The Morgan fingerprint density at radius 3 is 2.29 bits per heavy atom. The van der Waals surface area contributed by atoms with Crippen molar-refractivity contribution in [3.63, 3.8) is 0 Å². The fraction of sp³-hybridized carbons (Fsp3) is 0.188. The highest BCUT2D eigenvalue weighted by atomic mass is 79.9. The van der Waals surface area contributed by atoms with Crippen LogP contribution in [0.4, 0.5) is 0 Å². The summed E-state index contributed by atoms with van der Waals surface area (Å²) in [5.74, 6) is -0.0852. The van der Waals surface area contributed by atoms with E-state index in [0.29, 0.717) is 5.56 Å². The van der Waals surface area contributed by atoms with Crippen LogP contribution in [0.1, 0.15) is 35.3 Å². The summed E-state index contributed by atoms with van der Waals surface area (Å²) in [5, 5.41) is 3.08. The van der Waals surface area contributed by atoms with E-state index < -0.39 is 0 Å². The molecule has 0 aliphatic heterocycles. The van der Waals surface area contributed by atoms with Crippen molar-refractivity contribution >= 4 is 53.7 Å². The molecule has 2 nitrogen and oxygen atoms in total. The third-order valence-electron chi connectivity index (χ3n) is 3.16. The summed E-state index contributed by atoms with van der Waals surface area (Å²) in [4.78, 5) is 12.5. The second-order valence-corrected chi connectivity index (χ2v) is 7.30. The minimum Gasteiger partial charge on any atom is -0.345 e. The van der Waals surface area contributed by atoms with Gasteiger partial charge in [0.05, 0.1) is 11.6 Å². The lowest BCUT2D eigenvalue weighted by Crippen LogP contribution is -2.28. The van der Waals surface area contributed by atoms with Crippen molar-refractivity contribution < 1.29 is 4.79 Å². The van der Waals surface area contributed by atoms with E-state index >= 15 is 0 Å². The van der Waals surface area contributed by atoms with Gasteiger partial charge in [-0.3, -0.25) is 4.79 Å². The Balaban J connectivity index is 2.20. The zero-order valence-electron chi connectivity index (χ0n) is 11.4. The molecule has 1 N–H and O–H groups in total. The molecule has 1 unspecified atom stereocenters. The molecule has 2 rings (SSSR count). The minimum absolute atomic E-state index is 0.00326. The first-order chi connectivity index (χ1) is 10.0. The first kappa shape index (κ1) is 16.7. The lowest BCUT2D eigenvalue weighted by molar-refractivity contribution is 0.0934. The smallest absolute Gasteiger partial charge is 0.252 e. The summed E-state index contributed by atoms with van der Waals surface area (Å²) >= 11 is 10.2. The highest BCUT2D eigenvalue weighted by Crippen LogP contribution is 2.24. The summed E-state index contributed by atoms with van der Waals surface area (Å²) in [6, 6.07) is 13.6. The van der Waals surface area contributed by atoms with Gasteiger partial charge in [0.1, 0.15) is 0 Å². The Hall–Kier alpha value is -0.650. The molecule has 110 valence electrons. The van der Waals surface area contributed by atoms with Crippen LogP contribution in [0.5, 0.6) is 0 Å². The quantitative estimate of drug-likeness (QED) is 0.590. The fourth-order valence-corrected chi connectivity index (χ4v) is 3.08. The van der Waals surface area contributed by atoms with Crippen LogP contribution in [0.3, 0.4) is 0 Å². The maximum atomic E-state index is 12.5. The average molecular weight is 476 g/mol. The van der Waals surface area contributed by atoms with E-state index in [0.717, 1.165) is 25.4 Å². The first-order valence-electron chi connectivity index (χ1n) is 6.52. The number of amides is 1. The van der Waals surface area contributed by atoms with Crippen molar-refractivity contribution in [3.8, 4) is 0 Å². The van der Waals surface area contributed by atoms with Crippen LogP contribution in [-0.2, 0) is 0 Å². The lowest BCUT2D eigenvalue weighted by Gasteiger charge is -2.18. The van der Waals surface area contributed by atoms with Crippen LogP contribution in [0, 0.1) is 0 Å². The molecule has 0 heterocycles. The fourth-order valence-electron chi connectivity index (χ4n) is 2.02. The maximum absolute atomic E-state index is 12.5. The molecule has 1 atom stereocenters. The predicted molar refractivity (Wildman–Crippen MR) is 96.5 cm³/mol. The Kier molecular flexibility index (Phi) is 6.02. The third kappa shape index (κ3) is 4.41. The van der Waals surface area contributed by atoms with Crippen LogP contribution < -0.4 is 5.32 Å². The zero-order valence-corrected chi connectivity index (χ0v) is 16.1. The van der Waals surface area contributed by atoms with Gasteiger partial charge in [-0.2, -0.15) is 0 Å². The number of carbonyl (C=O) groups excluding carboxylic acids is 1. The maximum Gasteiger partial charge on any atom is 0.252 e. The third-order valence-corrected chi connectivity index (χ3v) is 4.87. The van der Waals surface area contributed by atoms with E-state index in [1.54, 1.807) is 0 Å². The van der Waals surface area contributed by atoms with Gasteiger partial charge in [0.25, 0.3) is 5.91 Å². The van der Waals surface area contributed by atoms with Gasteiger partial charge in [0, 0.05) is 13.4 Å². The van der Waals surface area contributed by atoms with E-state index in [-0.39, 0.29) is 11.9 Å². The van der Waals surface area contributed by atoms with Crippen molar-refractivity contribution in [2.75, 3.05) is 0 Å². The summed E-state index contributed by atoms with van der Waals surface area (Å²) in [6.45, 7) is 2.06. The van der Waals surface area contributed by atoms with Gasteiger partial charge in [0.15, 0.2) is 0 Å². The number of nitrogens with one attached hydrogen (secondary N) is 1. The van der Waals surface area contributed by atoms with Gasteiger partial charge < -0.3 is 5.32 Å². The van der Waals surface area contributed by atoms with E-state index in [1.165, 1.54) is 0 Å². The van der Waals surface area contributed by atoms with Crippen molar-refractivity contribution in [1.82, 2.24) is 5.32 Å². The van der Waals surface area contributed by atoms with Crippen molar-refractivity contribution in [2.24, 2.45) is 0 Å². The number of hydrogen-bond donors (Lipinski definition) is 1. The molecular weight excluding hydrogens is 462 g/mol. The van der Waals surface area contributed by atoms with Gasteiger partial charge in [-0.15, -0.1) is 0 Å². The van der Waals surface area contributed by atoms with Gasteiger partial charge in [-0.1, -0.05) is 50.9 Å². The molecule has 0 radical (unpaired) electrons. The van der Waals surface area contributed by atoms with E-state index in [1.807, 2.05) is 42.5 Å². The SMILES string of the molecule is CCC(NC(=O)c1cc(Br)ccc1Br)c1ccc(Br)cc1. The van der Waals surface area contributed by atoms with Crippen molar-refractivity contribution in [1.29, 1.82) is 0 Å². The number of carbonyl (C=O) groups is 1. The molecule has 0 aliphatic carbocycles. The van der Waals surface area contributed by atoms with Crippen molar-refractivity contribution in [3.05, 3.63) is 67.0 Å². The Morgan fingerprint density at radius 1 is 1.05 bits per heavy atom. The molecule has 0 aromatic heterocycles. The molecular formula is C16H14Br3NO. The molecule has 21 heavy (non-hydrogen) atoms. The largest absolute Gasteiger partial charge is 0.345 e. The lowest BCUT2D eigenvalue weighted by atomic mass is 10.0. The van der Waals surface area contributed by atoms with Crippen LogP contribution >= 0.6 is 47.8 Å². The van der Waals surface area contributed by atoms with Crippen LogP contribution in [0.25, 0.3) is 0 Å². The molecule has 2 aromatic carbocycles. The second-order valence-electron chi connectivity index (χ2n) is 4.61. The summed E-state index contributed by atoms with van der Waals surface area (Å²) < 4.78 is 2.70. The number of benzene rings is 2. The van der Waals surface area contributed by atoms with Gasteiger partial charge in [-0.05, 0) is 58.2 Å². The molecule has 0 spiro atoms. The van der Waals surface area contributed by atoms with E-state index in [4.69, 9.17) is 0 Å².